The highest BCUT2D eigenvalue weighted by Gasteiger charge is 2.29. The fourth-order valence-electron chi connectivity index (χ4n) is 1.81. The first-order valence-corrected chi connectivity index (χ1v) is 5.13. The molecular formula is C14H11N. The molecule has 0 amide bonds. The van der Waals surface area contributed by atoms with E-state index < -0.39 is 0 Å². The number of hydrogen-bond acceptors (Lipinski definition) is 1. The van der Waals surface area contributed by atoms with Crippen molar-refractivity contribution in [3.63, 3.8) is 0 Å². The van der Waals surface area contributed by atoms with Crippen molar-refractivity contribution < 1.29 is 0 Å². The zero-order chi connectivity index (χ0) is 10.1. The Morgan fingerprint density at radius 2 is 1.33 bits per heavy atom. The van der Waals surface area contributed by atoms with Gasteiger partial charge in [-0.3, -0.25) is 4.99 Å². The molecule has 2 aromatic rings. The summed E-state index contributed by atoms with van der Waals surface area (Å²) in [6.45, 7) is 0. The van der Waals surface area contributed by atoms with Gasteiger partial charge in [-0.25, -0.2) is 0 Å². The van der Waals surface area contributed by atoms with Crippen LogP contribution in [0.5, 0.6) is 0 Å². The highest BCUT2D eigenvalue weighted by Crippen LogP contribution is 2.34. The zero-order valence-corrected chi connectivity index (χ0v) is 8.30. The molecule has 3 rings (SSSR count). The van der Waals surface area contributed by atoms with Gasteiger partial charge in [0.1, 0.15) is 6.04 Å². The number of hydrogen-bond donors (Lipinski definition) is 0. The van der Waals surface area contributed by atoms with Crippen molar-refractivity contribution in [2.24, 2.45) is 4.99 Å². The summed E-state index contributed by atoms with van der Waals surface area (Å²) in [6.07, 6.45) is 0. The summed E-state index contributed by atoms with van der Waals surface area (Å²) in [5, 5.41) is 0. The minimum absolute atomic E-state index is 0.300. The first kappa shape index (κ1) is 8.42. The van der Waals surface area contributed by atoms with Crippen LogP contribution in [0.4, 0.5) is 0 Å². The van der Waals surface area contributed by atoms with E-state index >= 15 is 0 Å². The lowest BCUT2D eigenvalue weighted by molar-refractivity contribution is 1.13. The molecule has 0 N–H and O–H groups in total. The second-order valence-electron chi connectivity index (χ2n) is 3.69. The van der Waals surface area contributed by atoms with E-state index in [0.717, 1.165) is 0 Å². The third-order valence-electron chi connectivity index (χ3n) is 2.64. The highest BCUT2D eigenvalue weighted by atomic mass is 15.0. The van der Waals surface area contributed by atoms with Crippen LogP contribution in [0.1, 0.15) is 17.2 Å². The van der Waals surface area contributed by atoms with Crippen LogP contribution in [0.2, 0.25) is 0 Å². The topological polar surface area (TPSA) is 12.4 Å². The van der Waals surface area contributed by atoms with Gasteiger partial charge < -0.3 is 0 Å². The van der Waals surface area contributed by atoms with E-state index in [0.29, 0.717) is 6.04 Å². The van der Waals surface area contributed by atoms with Crippen molar-refractivity contribution in [1.82, 2.24) is 0 Å². The fourth-order valence-corrected chi connectivity index (χ4v) is 1.81. The molecule has 1 nitrogen and oxygen atoms in total. The second-order valence-corrected chi connectivity index (χ2v) is 3.69. The molecule has 0 aliphatic carbocycles. The maximum Gasteiger partial charge on any atom is 0.118 e. The summed E-state index contributed by atoms with van der Waals surface area (Å²) < 4.78 is 0. The Kier molecular flexibility index (Phi) is 1.88. The summed E-state index contributed by atoms with van der Waals surface area (Å²) in [7, 11) is 0. The van der Waals surface area contributed by atoms with E-state index in [-0.39, 0.29) is 0 Å². The van der Waals surface area contributed by atoms with Gasteiger partial charge in [0.25, 0.3) is 0 Å². The molecule has 0 unspecified atom stereocenters. The summed E-state index contributed by atoms with van der Waals surface area (Å²) in [4.78, 5) is 4.51. The monoisotopic (exact) mass is 193 g/mol. The Balaban J connectivity index is 1.83. The molecule has 72 valence electrons. The van der Waals surface area contributed by atoms with Gasteiger partial charge in [0.2, 0.25) is 0 Å². The van der Waals surface area contributed by atoms with Crippen LogP contribution in [-0.4, -0.2) is 5.71 Å². The summed E-state index contributed by atoms with van der Waals surface area (Å²) >= 11 is 0. The van der Waals surface area contributed by atoms with E-state index in [9.17, 15) is 0 Å². The molecule has 0 saturated heterocycles. The predicted octanol–water partition coefficient (Wildman–Crippen LogP) is 3.23. The molecule has 1 atom stereocenters. The first-order valence-electron chi connectivity index (χ1n) is 5.13. The van der Waals surface area contributed by atoms with Crippen LogP contribution in [0, 0.1) is 0 Å². The SMILES string of the molecule is c1ccc(C2=N[C@H]2c2ccccc2)cc1. The largest absolute Gasteiger partial charge is 0.272 e. The molecule has 1 heteroatoms. The summed E-state index contributed by atoms with van der Waals surface area (Å²) in [6, 6.07) is 21.1. The third kappa shape index (κ3) is 1.57. The van der Waals surface area contributed by atoms with Crippen LogP contribution in [-0.2, 0) is 0 Å². The maximum atomic E-state index is 4.51. The van der Waals surface area contributed by atoms with Gasteiger partial charge in [-0.1, -0.05) is 60.7 Å². The maximum absolute atomic E-state index is 4.51. The van der Waals surface area contributed by atoms with Crippen molar-refractivity contribution in [1.29, 1.82) is 0 Å². The Hall–Kier alpha value is -1.89. The Morgan fingerprint density at radius 3 is 2.00 bits per heavy atom. The third-order valence-corrected chi connectivity index (χ3v) is 2.64. The highest BCUT2D eigenvalue weighted by molar-refractivity contribution is 6.13. The number of nitrogens with zero attached hydrogens (tertiary/aromatic N) is 1. The van der Waals surface area contributed by atoms with Crippen LogP contribution >= 0.6 is 0 Å². The minimum Gasteiger partial charge on any atom is -0.272 e. The van der Waals surface area contributed by atoms with E-state index in [4.69, 9.17) is 0 Å². The van der Waals surface area contributed by atoms with E-state index in [1.165, 1.54) is 16.8 Å². The van der Waals surface area contributed by atoms with E-state index in [2.05, 4.69) is 53.5 Å². The molecular weight excluding hydrogens is 182 g/mol. The van der Waals surface area contributed by atoms with Crippen LogP contribution in [0.15, 0.2) is 65.7 Å². The van der Waals surface area contributed by atoms with Crippen molar-refractivity contribution in [2.45, 2.75) is 6.04 Å². The molecule has 1 aliphatic rings. The minimum atomic E-state index is 0.300. The quantitative estimate of drug-likeness (QED) is 0.694. The molecule has 1 aliphatic heterocycles. The van der Waals surface area contributed by atoms with Gasteiger partial charge in [-0.2, -0.15) is 0 Å². The first-order chi connectivity index (χ1) is 7.45. The molecule has 2 aromatic carbocycles. The van der Waals surface area contributed by atoms with Gasteiger partial charge in [-0.05, 0) is 11.1 Å². The summed E-state index contributed by atoms with van der Waals surface area (Å²) in [5.74, 6) is 0. The van der Waals surface area contributed by atoms with Gasteiger partial charge in [0.15, 0.2) is 0 Å². The average Bonchev–Trinajstić information content (AvgIpc) is 3.11. The normalized spacial score (nSPS) is 18.4. The molecule has 1 heterocycles. The lowest BCUT2D eigenvalue weighted by Crippen LogP contribution is -1.92. The summed E-state index contributed by atoms with van der Waals surface area (Å²) in [5.41, 5.74) is 3.74. The molecule has 0 radical (unpaired) electrons. The van der Waals surface area contributed by atoms with Crippen molar-refractivity contribution >= 4 is 5.71 Å². The Bertz CT molecular complexity index is 485. The Morgan fingerprint density at radius 1 is 0.733 bits per heavy atom. The molecule has 0 spiro atoms. The van der Waals surface area contributed by atoms with Crippen molar-refractivity contribution in [3.8, 4) is 0 Å². The van der Waals surface area contributed by atoms with Crippen LogP contribution in [0.25, 0.3) is 0 Å². The molecule has 15 heavy (non-hydrogen) atoms. The van der Waals surface area contributed by atoms with Crippen molar-refractivity contribution in [2.75, 3.05) is 0 Å². The van der Waals surface area contributed by atoms with Gasteiger partial charge in [-0.15, -0.1) is 0 Å². The van der Waals surface area contributed by atoms with Gasteiger partial charge in [0, 0.05) is 0 Å². The second kappa shape index (κ2) is 3.35. The fraction of sp³-hybridized carbons (Fsp3) is 0.0714. The Labute approximate surface area is 89.1 Å². The lowest BCUT2D eigenvalue weighted by atomic mass is 10.0. The molecule has 0 fully saturated rings. The van der Waals surface area contributed by atoms with E-state index in [1.807, 2.05) is 12.1 Å². The standard InChI is InChI=1S/C14H11N/c1-3-7-11(8-4-1)13-14(15-13)12-9-5-2-6-10-12/h1-10,13H/t13-/m0/s1. The number of benzene rings is 2. The average molecular weight is 193 g/mol. The van der Waals surface area contributed by atoms with Gasteiger partial charge in [0.05, 0.1) is 5.71 Å². The van der Waals surface area contributed by atoms with Crippen LogP contribution < -0.4 is 0 Å². The number of rotatable bonds is 2. The molecule has 0 saturated carbocycles. The predicted molar refractivity (Wildman–Crippen MR) is 62.2 cm³/mol. The van der Waals surface area contributed by atoms with Crippen molar-refractivity contribution in [3.05, 3.63) is 71.8 Å². The van der Waals surface area contributed by atoms with E-state index in [1.54, 1.807) is 0 Å². The smallest absolute Gasteiger partial charge is 0.118 e. The molecule has 0 aromatic heterocycles. The van der Waals surface area contributed by atoms with Gasteiger partial charge >= 0.3 is 0 Å². The number of aliphatic imine (C=N–C) groups is 1. The molecule has 0 bridgehead atoms. The zero-order valence-electron chi connectivity index (χ0n) is 8.30. The lowest BCUT2D eigenvalue weighted by Gasteiger charge is -1.97. The van der Waals surface area contributed by atoms with Crippen LogP contribution in [0.3, 0.4) is 0 Å².